The molecule has 7 heteroatoms. The molecule has 0 N–H and O–H groups in total. The van der Waals surface area contributed by atoms with Crippen LogP contribution < -0.4 is 0 Å². The van der Waals surface area contributed by atoms with Gasteiger partial charge in [-0.15, -0.1) is 0 Å². The summed E-state index contributed by atoms with van der Waals surface area (Å²) in [7, 11) is 1.83. The Labute approximate surface area is 147 Å². The zero-order valence-corrected chi connectivity index (χ0v) is 14.8. The lowest BCUT2D eigenvalue weighted by Crippen LogP contribution is -2.17. The van der Waals surface area contributed by atoms with E-state index in [1.54, 1.807) is 0 Å². The van der Waals surface area contributed by atoms with Gasteiger partial charge in [0, 0.05) is 48.3 Å². The summed E-state index contributed by atoms with van der Waals surface area (Å²) in [4.78, 5) is 11.6. The van der Waals surface area contributed by atoms with Crippen molar-refractivity contribution in [3.8, 4) is 0 Å². The van der Waals surface area contributed by atoms with Gasteiger partial charge in [0.1, 0.15) is 17.4 Å². The molecule has 0 radical (unpaired) electrons. The molecule has 1 aliphatic carbocycles. The molecule has 2 aliphatic rings. The second-order valence-electron chi connectivity index (χ2n) is 6.77. The molecular weight excluding hydrogens is 354 g/mol. The number of carbonyl (C=O) groups excluding carboxylic acids is 1. The van der Waals surface area contributed by atoms with Gasteiger partial charge in [0.25, 0.3) is 0 Å². The molecule has 2 atom stereocenters. The predicted octanol–water partition coefficient (Wildman–Crippen LogP) is 4.06. The summed E-state index contributed by atoms with van der Waals surface area (Å²) in [5.41, 5.74) is 1.20. The average Bonchev–Trinajstić information content (AvgIpc) is 3.06. The van der Waals surface area contributed by atoms with Crippen molar-refractivity contribution in [3.05, 3.63) is 50.5 Å². The summed E-state index contributed by atoms with van der Waals surface area (Å²) in [6.07, 6.45) is 0.917. The molecule has 24 heavy (non-hydrogen) atoms. The third-order valence-corrected chi connectivity index (χ3v) is 6.10. The fourth-order valence-electron chi connectivity index (χ4n) is 4.17. The van der Waals surface area contributed by atoms with Crippen LogP contribution in [-0.4, -0.2) is 14.9 Å². The molecule has 0 amide bonds. The van der Waals surface area contributed by atoms with Crippen molar-refractivity contribution >= 4 is 29.6 Å². The summed E-state index contributed by atoms with van der Waals surface area (Å²) >= 11 is 11.3. The number of Topliss-reactive ketones (excluding diaryl/α,β-unsaturated/α-hetero) is 1. The van der Waals surface area contributed by atoms with E-state index in [2.05, 4.69) is 0 Å². The van der Waals surface area contributed by atoms with Crippen LogP contribution in [0.5, 0.6) is 0 Å². The maximum Gasteiger partial charge on any atom is 0.180 e. The molecule has 0 spiro atoms. The Hall–Kier alpha value is -1.53. The summed E-state index contributed by atoms with van der Waals surface area (Å²) in [6.45, 7) is 1.95. The van der Waals surface area contributed by atoms with Crippen LogP contribution >= 0.6 is 23.8 Å². The zero-order chi connectivity index (χ0) is 17.4. The normalized spacial score (nSPS) is 24.0. The second kappa shape index (κ2) is 4.99. The number of hydrogen-bond acceptors (Lipinski definition) is 2. The first kappa shape index (κ1) is 16.0. The minimum absolute atomic E-state index is 0.0304. The lowest BCUT2D eigenvalue weighted by Gasteiger charge is -2.16. The Morgan fingerprint density at radius 3 is 2.83 bits per heavy atom. The van der Waals surface area contributed by atoms with Crippen LogP contribution in [0.25, 0.3) is 0 Å². The third-order valence-electron chi connectivity index (χ3n) is 5.31. The number of carbonyl (C=O) groups is 1. The van der Waals surface area contributed by atoms with Gasteiger partial charge in [-0.25, -0.2) is 8.78 Å². The molecule has 2 heterocycles. The van der Waals surface area contributed by atoms with Crippen molar-refractivity contribution < 1.29 is 13.6 Å². The van der Waals surface area contributed by atoms with E-state index in [4.69, 9.17) is 23.8 Å². The molecule has 0 saturated heterocycles. The number of aromatic nitrogens is 2. The Kier molecular flexibility index (Phi) is 3.32. The average molecular weight is 369 g/mol. The number of ketones is 1. The molecule has 2 aromatic rings. The molecular formula is C17H15ClF2N2OS. The van der Waals surface area contributed by atoms with Crippen molar-refractivity contribution in [1.82, 2.24) is 9.13 Å². The van der Waals surface area contributed by atoms with E-state index in [9.17, 15) is 13.6 Å². The smallest absolute Gasteiger partial charge is 0.180 e. The summed E-state index contributed by atoms with van der Waals surface area (Å²) < 4.78 is 33.3. The van der Waals surface area contributed by atoms with Gasteiger partial charge in [-0.05, 0) is 37.7 Å². The van der Waals surface area contributed by atoms with Crippen LogP contribution in [0.3, 0.4) is 0 Å². The first-order chi connectivity index (χ1) is 11.3. The number of hydrogen-bond donors (Lipinski definition) is 0. The number of halogens is 3. The standard InChI is InChI=1S/C17H15ClF2N2OS/c1-8(23)5-12-15-9-6-17(9,7-22(15)16(24)21(12)2)13-11(19)4-3-10(18)14(13)20/h3-4,9H,5-7H2,1-2H3/t9-,17-/m0/s1. The van der Waals surface area contributed by atoms with Crippen molar-refractivity contribution in [2.75, 3.05) is 0 Å². The molecule has 0 unspecified atom stereocenters. The van der Waals surface area contributed by atoms with Gasteiger partial charge in [-0.1, -0.05) is 11.6 Å². The van der Waals surface area contributed by atoms with Crippen molar-refractivity contribution in [2.45, 2.75) is 37.6 Å². The fourth-order valence-corrected chi connectivity index (χ4v) is 4.60. The van der Waals surface area contributed by atoms with Gasteiger partial charge in [0.2, 0.25) is 0 Å². The topological polar surface area (TPSA) is 26.9 Å². The number of imidazole rings is 1. The van der Waals surface area contributed by atoms with Crippen LogP contribution in [0.4, 0.5) is 8.78 Å². The van der Waals surface area contributed by atoms with Gasteiger partial charge in [-0.2, -0.15) is 0 Å². The zero-order valence-electron chi connectivity index (χ0n) is 13.2. The molecule has 126 valence electrons. The summed E-state index contributed by atoms with van der Waals surface area (Å²) in [6, 6.07) is 2.45. The Bertz CT molecular complexity index is 964. The highest BCUT2D eigenvalue weighted by Gasteiger charge is 2.64. The molecule has 1 aromatic heterocycles. The quantitative estimate of drug-likeness (QED) is 0.603. The first-order valence-corrected chi connectivity index (χ1v) is 8.48. The molecule has 0 bridgehead atoms. The lowest BCUT2D eigenvalue weighted by atomic mass is 9.92. The number of nitrogens with zero attached hydrogens (tertiary/aromatic N) is 2. The molecule has 1 saturated carbocycles. The molecule has 1 fully saturated rings. The predicted molar refractivity (Wildman–Crippen MR) is 89.0 cm³/mol. The van der Waals surface area contributed by atoms with Crippen molar-refractivity contribution in [1.29, 1.82) is 0 Å². The second-order valence-corrected chi connectivity index (χ2v) is 7.54. The Morgan fingerprint density at radius 1 is 1.46 bits per heavy atom. The SMILES string of the molecule is CC(=O)Cc1c2n(c(=S)n1C)C[C@@]1(c3c(F)ccc(Cl)c3F)C[C@@H]21. The highest BCUT2D eigenvalue weighted by atomic mass is 35.5. The highest BCUT2D eigenvalue weighted by Crippen LogP contribution is 2.67. The van der Waals surface area contributed by atoms with Crippen LogP contribution in [0.2, 0.25) is 5.02 Å². The minimum Gasteiger partial charge on any atom is -0.323 e. The Balaban J connectivity index is 1.87. The van der Waals surface area contributed by atoms with Gasteiger partial charge >= 0.3 is 0 Å². The van der Waals surface area contributed by atoms with Crippen molar-refractivity contribution in [2.24, 2.45) is 7.05 Å². The molecule has 1 aliphatic heterocycles. The maximum absolute atomic E-state index is 14.5. The minimum atomic E-state index is -0.687. The molecule has 1 aromatic carbocycles. The summed E-state index contributed by atoms with van der Waals surface area (Å²) in [5, 5.41) is -0.0730. The number of rotatable bonds is 3. The summed E-state index contributed by atoms with van der Waals surface area (Å²) in [5.74, 6) is -1.26. The van der Waals surface area contributed by atoms with Crippen LogP contribution in [0, 0.1) is 16.4 Å². The van der Waals surface area contributed by atoms with Gasteiger partial charge < -0.3 is 9.13 Å². The third kappa shape index (κ3) is 1.93. The fraction of sp³-hybridized carbons (Fsp3) is 0.412. The van der Waals surface area contributed by atoms with E-state index in [-0.39, 0.29) is 28.7 Å². The van der Waals surface area contributed by atoms with E-state index in [1.165, 1.54) is 19.1 Å². The van der Waals surface area contributed by atoms with Gasteiger partial charge in [-0.3, -0.25) is 4.79 Å². The first-order valence-electron chi connectivity index (χ1n) is 7.69. The van der Waals surface area contributed by atoms with E-state index in [1.807, 2.05) is 16.2 Å². The maximum atomic E-state index is 14.5. The van der Waals surface area contributed by atoms with Crippen molar-refractivity contribution in [3.63, 3.8) is 0 Å². The largest absolute Gasteiger partial charge is 0.323 e. The highest BCUT2D eigenvalue weighted by molar-refractivity contribution is 7.71. The van der Waals surface area contributed by atoms with Crippen LogP contribution in [-0.2, 0) is 30.2 Å². The number of fused-ring (bicyclic) bond motifs is 3. The molecule has 4 rings (SSSR count). The van der Waals surface area contributed by atoms with E-state index in [0.29, 0.717) is 17.7 Å². The van der Waals surface area contributed by atoms with Gasteiger partial charge in [0.05, 0.1) is 5.02 Å². The van der Waals surface area contributed by atoms with E-state index >= 15 is 0 Å². The lowest BCUT2D eigenvalue weighted by molar-refractivity contribution is -0.116. The molecule has 3 nitrogen and oxygen atoms in total. The number of benzene rings is 1. The van der Waals surface area contributed by atoms with Crippen LogP contribution in [0.15, 0.2) is 12.1 Å². The van der Waals surface area contributed by atoms with Gasteiger partial charge in [0.15, 0.2) is 4.77 Å². The monoisotopic (exact) mass is 368 g/mol. The van der Waals surface area contributed by atoms with E-state index in [0.717, 1.165) is 11.4 Å². The van der Waals surface area contributed by atoms with E-state index < -0.39 is 17.0 Å². The Morgan fingerprint density at radius 2 is 2.17 bits per heavy atom. The van der Waals surface area contributed by atoms with Crippen LogP contribution in [0.1, 0.15) is 36.2 Å².